The van der Waals surface area contributed by atoms with E-state index in [1.54, 1.807) is 14.2 Å². The van der Waals surface area contributed by atoms with Gasteiger partial charge in [0.2, 0.25) is 5.91 Å². The van der Waals surface area contributed by atoms with E-state index in [1.165, 1.54) is 24.3 Å². The van der Waals surface area contributed by atoms with Crippen LogP contribution in [0.2, 0.25) is 0 Å². The molecule has 0 aliphatic rings. The number of methoxy groups -OCH3 is 2. The number of hydrogen-bond donors (Lipinski definition) is 3. The first-order chi connectivity index (χ1) is 18.5. The molecule has 218 valence electrons. The van der Waals surface area contributed by atoms with Crippen LogP contribution in [0.5, 0.6) is 11.5 Å². The average Bonchev–Trinajstić information content (AvgIpc) is 2.90. The van der Waals surface area contributed by atoms with Crippen LogP contribution in [0.3, 0.4) is 0 Å². The molecule has 1 amide bonds. The lowest BCUT2D eigenvalue weighted by molar-refractivity contribution is -0.122. The standard InChI is InChI=1S/C31H47FN2O5/c1-20(2)23(16-22-8-13-29(38-6)30(17-22)39-15-7-14-37-5)18-27(33)28(35)19-26(21(3)4)31(36)34-25-11-9-24(32)10-12-25/h8-13,17,20-21,23,26-28,35H,7,14-16,18-19,33H2,1-6H3,(H,34,36)/t23-,26-,27-,28-/m0/s1. The fourth-order valence-corrected chi connectivity index (χ4v) is 4.63. The van der Waals surface area contributed by atoms with Crippen LogP contribution in [0, 0.1) is 29.5 Å². The number of halogens is 1. The Hall–Kier alpha value is -2.68. The van der Waals surface area contributed by atoms with Crippen LogP contribution < -0.4 is 20.5 Å². The Balaban J connectivity index is 2.04. The van der Waals surface area contributed by atoms with Gasteiger partial charge in [-0.25, -0.2) is 4.39 Å². The number of ether oxygens (including phenoxy) is 3. The predicted octanol–water partition coefficient (Wildman–Crippen LogP) is 5.44. The SMILES string of the molecule is COCCCOc1cc(C[C@@H](C[C@H](N)[C@@H](O)C[C@H](C(=O)Nc2ccc(F)cc2)C(C)C)C(C)C)ccc1OC. The van der Waals surface area contributed by atoms with Gasteiger partial charge in [0.1, 0.15) is 5.82 Å². The number of benzene rings is 2. The molecule has 2 aromatic carbocycles. The molecule has 7 nitrogen and oxygen atoms in total. The Morgan fingerprint density at radius 2 is 1.67 bits per heavy atom. The van der Waals surface area contributed by atoms with E-state index < -0.39 is 18.1 Å². The van der Waals surface area contributed by atoms with Crippen LogP contribution >= 0.6 is 0 Å². The number of hydrogen-bond acceptors (Lipinski definition) is 6. The highest BCUT2D eigenvalue weighted by Crippen LogP contribution is 2.32. The molecule has 0 bridgehead atoms. The van der Waals surface area contributed by atoms with Gasteiger partial charge in [-0.1, -0.05) is 33.8 Å². The van der Waals surface area contributed by atoms with Crippen LogP contribution in [0.25, 0.3) is 0 Å². The van der Waals surface area contributed by atoms with E-state index >= 15 is 0 Å². The van der Waals surface area contributed by atoms with Crippen molar-refractivity contribution in [3.63, 3.8) is 0 Å². The zero-order valence-corrected chi connectivity index (χ0v) is 24.3. The van der Waals surface area contributed by atoms with Crippen molar-refractivity contribution in [3.8, 4) is 11.5 Å². The molecule has 2 rings (SSSR count). The lowest BCUT2D eigenvalue weighted by atomic mass is 9.81. The van der Waals surface area contributed by atoms with Gasteiger partial charge in [-0.15, -0.1) is 0 Å². The number of aliphatic hydroxyl groups is 1. The van der Waals surface area contributed by atoms with Crippen LogP contribution in [-0.4, -0.2) is 50.6 Å². The van der Waals surface area contributed by atoms with Gasteiger partial charge in [0, 0.05) is 37.8 Å². The summed E-state index contributed by atoms with van der Waals surface area (Å²) in [5.41, 5.74) is 8.15. The third-order valence-corrected chi connectivity index (χ3v) is 7.24. The van der Waals surface area contributed by atoms with Gasteiger partial charge >= 0.3 is 0 Å². The number of nitrogens with one attached hydrogen (secondary N) is 1. The minimum Gasteiger partial charge on any atom is -0.493 e. The minimum atomic E-state index is -0.840. The Kier molecular flexibility index (Phi) is 13.7. The molecule has 8 heteroatoms. The van der Waals surface area contributed by atoms with E-state index in [0.29, 0.717) is 42.7 Å². The third kappa shape index (κ3) is 10.8. The van der Waals surface area contributed by atoms with E-state index in [4.69, 9.17) is 19.9 Å². The molecule has 2 aromatic rings. The first-order valence-electron chi connectivity index (χ1n) is 13.8. The number of rotatable bonds is 17. The summed E-state index contributed by atoms with van der Waals surface area (Å²) in [5, 5.41) is 13.9. The Morgan fingerprint density at radius 1 is 0.974 bits per heavy atom. The number of nitrogens with two attached hydrogens (primary N) is 1. The molecule has 0 spiro atoms. The highest BCUT2D eigenvalue weighted by Gasteiger charge is 2.30. The summed E-state index contributed by atoms with van der Waals surface area (Å²) in [7, 11) is 3.29. The van der Waals surface area contributed by atoms with Gasteiger partial charge < -0.3 is 30.4 Å². The van der Waals surface area contributed by atoms with Gasteiger partial charge in [0.15, 0.2) is 11.5 Å². The fourth-order valence-electron chi connectivity index (χ4n) is 4.63. The van der Waals surface area contributed by atoms with Crippen molar-refractivity contribution in [3.05, 3.63) is 53.8 Å². The van der Waals surface area contributed by atoms with Crippen molar-refractivity contribution in [2.24, 2.45) is 29.4 Å². The lowest BCUT2D eigenvalue weighted by Gasteiger charge is -2.30. The number of carbonyl (C=O) groups excluding carboxylic acids is 1. The summed E-state index contributed by atoms with van der Waals surface area (Å²) >= 11 is 0. The molecular formula is C31H47FN2O5. The maximum absolute atomic E-state index is 13.2. The molecule has 0 aliphatic heterocycles. The van der Waals surface area contributed by atoms with Gasteiger partial charge in [0.05, 0.1) is 19.8 Å². The van der Waals surface area contributed by atoms with E-state index in [9.17, 15) is 14.3 Å². The molecule has 0 saturated carbocycles. The molecule has 0 fully saturated rings. The second-order valence-electron chi connectivity index (χ2n) is 10.9. The molecule has 0 aliphatic carbocycles. The molecule has 0 saturated heterocycles. The summed E-state index contributed by atoms with van der Waals surface area (Å²) in [4.78, 5) is 13.0. The number of aliphatic hydroxyl groups excluding tert-OH is 1. The summed E-state index contributed by atoms with van der Waals surface area (Å²) in [5.74, 6) is 0.916. The molecule has 0 unspecified atom stereocenters. The number of amides is 1. The Bertz CT molecular complexity index is 999. The first-order valence-corrected chi connectivity index (χ1v) is 13.8. The molecule has 0 heterocycles. The normalized spacial score (nSPS) is 14.6. The molecular weight excluding hydrogens is 499 g/mol. The van der Waals surface area contributed by atoms with E-state index in [2.05, 4.69) is 19.2 Å². The zero-order chi connectivity index (χ0) is 28.9. The van der Waals surface area contributed by atoms with Crippen LogP contribution in [-0.2, 0) is 16.0 Å². The maximum Gasteiger partial charge on any atom is 0.227 e. The predicted molar refractivity (Wildman–Crippen MR) is 154 cm³/mol. The summed E-state index contributed by atoms with van der Waals surface area (Å²) in [6.45, 7) is 9.36. The van der Waals surface area contributed by atoms with E-state index in [-0.39, 0.29) is 30.0 Å². The smallest absolute Gasteiger partial charge is 0.227 e. The van der Waals surface area contributed by atoms with Crippen molar-refractivity contribution in [1.82, 2.24) is 0 Å². The van der Waals surface area contributed by atoms with E-state index in [0.717, 1.165) is 18.4 Å². The number of carbonyl (C=O) groups is 1. The Labute approximate surface area is 233 Å². The second kappa shape index (κ2) is 16.4. The second-order valence-corrected chi connectivity index (χ2v) is 10.9. The van der Waals surface area contributed by atoms with Gasteiger partial charge in [0.25, 0.3) is 0 Å². The zero-order valence-electron chi connectivity index (χ0n) is 24.3. The summed E-state index contributed by atoms with van der Waals surface area (Å²) in [6, 6.07) is 11.1. The van der Waals surface area contributed by atoms with Crippen LogP contribution in [0.1, 0.15) is 52.5 Å². The van der Waals surface area contributed by atoms with Crippen molar-refractivity contribution in [1.29, 1.82) is 0 Å². The maximum atomic E-state index is 13.2. The van der Waals surface area contributed by atoms with Crippen LogP contribution in [0.4, 0.5) is 10.1 Å². The highest BCUT2D eigenvalue weighted by molar-refractivity contribution is 5.92. The number of anilines is 1. The minimum absolute atomic E-state index is 0.00481. The van der Waals surface area contributed by atoms with Crippen molar-refractivity contribution >= 4 is 11.6 Å². The topological polar surface area (TPSA) is 103 Å². The lowest BCUT2D eigenvalue weighted by Crippen LogP contribution is -2.41. The van der Waals surface area contributed by atoms with Gasteiger partial charge in [-0.2, -0.15) is 0 Å². The molecule has 0 radical (unpaired) electrons. The third-order valence-electron chi connectivity index (χ3n) is 7.24. The highest BCUT2D eigenvalue weighted by atomic mass is 19.1. The van der Waals surface area contributed by atoms with Crippen LogP contribution in [0.15, 0.2) is 42.5 Å². The van der Waals surface area contributed by atoms with E-state index in [1.807, 2.05) is 32.0 Å². The molecule has 0 aromatic heterocycles. The van der Waals surface area contributed by atoms with Crippen molar-refractivity contribution in [2.75, 3.05) is 32.8 Å². The van der Waals surface area contributed by atoms with Gasteiger partial charge in [-0.05, 0) is 79.0 Å². The van der Waals surface area contributed by atoms with Crippen molar-refractivity contribution < 1.29 is 28.5 Å². The average molecular weight is 547 g/mol. The summed E-state index contributed by atoms with van der Waals surface area (Å²) < 4.78 is 29.7. The first kappa shape index (κ1) is 32.5. The summed E-state index contributed by atoms with van der Waals surface area (Å²) in [6.07, 6.45) is 1.57. The Morgan fingerprint density at radius 3 is 2.26 bits per heavy atom. The fraction of sp³-hybridized carbons (Fsp3) is 0.581. The largest absolute Gasteiger partial charge is 0.493 e. The molecule has 4 atom stereocenters. The monoisotopic (exact) mass is 546 g/mol. The quantitative estimate of drug-likeness (QED) is 0.228. The van der Waals surface area contributed by atoms with Gasteiger partial charge in [-0.3, -0.25) is 4.79 Å². The van der Waals surface area contributed by atoms with Crippen molar-refractivity contribution in [2.45, 2.75) is 65.5 Å². The molecule has 39 heavy (non-hydrogen) atoms. The molecule has 4 N–H and O–H groups in total.